The summed E-state index contributed by atoms with van der Waals surface area (Å²) in [6.07, 6.45) is 8.46. The van der Waals surface area contributed by atoms with Gasteiger partial charge in [0.25, 0.3) is 0 Å². The number of benzene rings is 2. The van der Waals surface area contributed by atoms with Crippen LogP contribution in [0.2, 0.25) is 0 Å². The van der Waals surface area contributed by atoms with Gasteiger partial charge in [0.1, 0.15) is 0 Å². The van der Waals surface area contributed by atoms with Crippen LogP contribution in [0.3, 0.4) is 0 Å². The molecule has 1 amide bonds. The second kappa shape index (κ2) is 7.03. The molecule has 0 radical (unpaired) electrons. The van der Waals surface area contributed by atoms with E-state index in [0.29, 0.717) is 5.69 Å². The van der Waals surface area contributed by atoms with E-state index in [9.17, 15) is 4.79 Å². The summed E-state index contributed by atoms with van der Waals surface area (Å²) in [6.45, 7) is 0. The van der Waals surface area contributed by atoms with Crippen molar-refractivity contribution >= 4 is 28.6 Å². The molecule has 0 bridgehead atoms. The predicted octanol–water partition coefficient (Wildman–Crippen LogP) is 4.07. The molecule has 2 heterocycles. The second-order valence-electron chi connectivity index (χ2n) is 5.79. The van der Waals surface area contributed by atoms with E-state index in [2.05, 4.69) is 15.4 Å². The first-order chi connectivity index (χ1) is 12.8. The Morgan fingerprint density at radius 2 is 1.81 bits per heavy atom. The first-order valence-corrected chi connectivity index (χ1v) is 8.22. The number of hydrogen-bond donors (Lipinski definition) is 1. The van der Waals surface area contributed by atoms with Crippen LogP contribution in [-0.2, 0) is 4.79 Å². The molecule has 4 rings (SSSR count). The van der Waals surface area contributed by atoms with Crippen molar-refractivity contribution in [1.82, 2.24) is 14.8 Å². The highest BCUT2D eigenvalue weighted by molar-refractivity contribution is 6.02. The van der Waals surface area contributed by atoms with E-state index in [1.54, 1.807) is 23.2 Å². The molecular weight excluding hydrogens is 324 g/mol. The summed E-state index contributed by atoms with van der Waals surface area (Å²) in [5.41, 5.74) is 3.38. The fraction of sp³-hybridized carbons (Fsp3) is 0. The number of aromatic nitrogens is 3. The fourth-order valence-electron chi connectivity index (χ4n) is 2.64. The van der Waals surface area contributed by atoms with Gasteiger partial charge in [0, 0.05) is 23.2 Å². The summed E-state index contributed by atoms with van der Waals surface area (Å²) >= 11 is 0. The Bertz CT molecular complexity index is 1080. The van der Waals surface area contributed by atoms with E-state index in [4.69, 9.17) is 0 Å². The monoisotopic (exact) mass is 340 g/mol. The van der Waals surface area contributed by atoms with Crippen molar-refractivity contribution in [3.63, 3.8) is 0 Å². The molecular formula is C21H16N4O. The Hall–Kier alpha value is -3.73. The maximum atomic E-state index is 12.1. The first-order valence-electron chi connectivity index (χ1n) is 8.22. The summed E-state index contributed by atoms with van der Waals surface area (Å²) in [5, 5.41) is 8.12. The van der Waals surface area contributed by atoms with E-state index in [-0.39, 0.29) is 5.91 Å². The van der Waals surface area contributed by atoms with E-state index in [1.807, 2.05) is 66.9 Å². The van der Waals surface area contributed by atoms with Crippen molar-refractivity contribution < 1.29 is 4.79 Å². The minimum atomic E-state index is -0.213. The van der Waals surface area contributed by atoms with Crippen LogP contribution >= 0.6 is 0 Å². The van der Waals surface area contributed by atoms with Crippen molar-refractivity contribution in [2.75, 3.05) is 5.32 Å². The van der Waals surface area contributed by atoms with Crippen molar-refractivity contribution in [2.24, 2.45) is 0 Å². The molecule has 2 aromatic heterocycles. The molecule has 0 aliphatic rings. The molecule has 4 aromatic rings. The molecule has 5 nitrogen and oxygen atoms in total. The number of rotatable bonds is 4. The lowest BCUT2D eigenvalue weighted by atomic mass is 10.2. The maximum absolute atomic E-state index is 12.1. The molecule has 1 N–H and O–H groups in total. The van der Waals surface area contributed by atoms with Gasteiger partial charge in [-0.3, -0.25) is 9.78 Å². The van der Waals surface area contributed by atoms with Crippen LogP contribution in [0, 0.1) is 0 Å². The van der Waals surface area contributed by atoms with Crippen LogP contribution < -0.4 is 5.32 Å². The van der Waals surface area contributed by atoms with Gasteiger partial charge in [-0.15, -0.1) is 0 Å². The van der Waals surface area contributed by atoms with Gasteiger partial charge < -0.3 is 5.32 Å². The normalized spacial score (nSPS) is 11.1. The molecule has 0 aliphatic heterocycles. The van der Waals surface area contributed by atoms with Crippen molar-refractivity contribution in [3.05, 3.63) is 90.9 Å². The van der Waals surface area contributed by atoms with Gasteiger partial charge in [0.05, 0.1) is 29.3 Å². The molecule has 126 valence electrons. The van der Waals surface area contributed by atoms with E-state index in [0.717, 1.165) is 22.2 Å². The number of nitrogens with zero attached hydrogens (tertiary/aromatic N) is 3. The fourth-order valence-corrected chi connectivity index (χ4v) is 2.64. The van der Waals surface area contributed by atoms with Crippen LogP contribution in [0.25, 0.3) is 22.7 Å². The Balaban J connectivity index is 1.45. The van der Waals surface area contributed by atoms with Crippen LogP contribution in [0.4, 0.5) is 5.69 Å². The SMILES string of the molecule is O=C(/C=C/c1cnn(-c2ccccc2)c1)Nc1cnc2ccccc2c1. The summed E-state index contributed by atoms with van der Waals surface area (Å²) in [6, 6.07) is 19.5. The molecule has 0 saturated carbocycles. The van der Waals surface area contributed by atoms with Crippen molar-refractivity contribution in [2.45, 2.75) is 0 Å². The summed E-state index contributed by atoms with van der Waals surface area (Å²) in [5.74, 6) is -0.213. The zero-order chi connectivity index (χ0) is 17.8. The zero-order valence-corrected chi connectivity index (χ0v) is 13.9. The average molecular weight is 340 g/mol. The van der Waals surface area contributed by atoms with Gasteiger partial charge in [-0.2, -0.15) is 5.10 Å². The molecule has 0 atom stereocenters. The number of para-hydroxylation sites is 2. The van der Waals surface area contributed by atoms with Gasteiger partial charge in [-0.05, 0) is 30.3 Å². The molecule has 0 unspecified atom stereocenters. The first kappa shape index (κ1) is 15.8. The number of pyridine rings is 1. The quantitative estimate of drug-likeness (QED) is 0.570. The number of nitrogens with one attached hydrogen (secondary N) is 1. The highest BCUT2D eigenvalue weighted by Crippen LogP contribution is 2.16. The van der Waals surface area contributed by atoms with E-state index >= 15 is 0 Å². The van der Waals surface area contributed by atoms with Crippen molar-refractivity contribution in [1.29, 1.82) is 0 Å². The van der Waals surface area contributed by atoms with Crippen LogP contribution in [0.15, 0.2) is 85.3 Å². The Morgan fingerprint density at radius 3 is 2.69 bits per heavy atom. The van der Waals surface area contributed by atoms with Gasteiger partial charge >= 0.3 is 0 Å². The molecule has 0 fully saturated rings. The molecule has 26 heavy (non-hydrogen) atoms. The third kappa shape index (κ3) is 3.52. The van der Waals surface area contributed by atoms with Crippen LogP contribution in [-0.4, -0.2) is 20.7 Å². The van der Waals surface area contributed by atoms with Crippen LogP contribution in [0.5, 0.6) is 0 Å². The minimum absolute atomic E-state index is 0.213. The molecule has 2 aromatic carbocycles. The van der Waals surface area contributed by atoms with Crippen molar-refractivity contribution in [3.8, 4) is 5.69 Å². The number of hydrogen-bond acceptors (Lipinski definition) is 3. The number of carbonyl (C=O) groups excluding carboxylic acids is 1. The minimum Gasteiger partial charge on any atom is -0.321 e. The Morgan fingerprint density at radius 1 is 1.00 bits per heavy atom. The van der Waals surface area contributed by atoms with Gasteiger partial charge in [-0.25, -0.2) is 4.68 Å². The van der Waals surface area contributed by atoms with E-state index in [1.165, 1.54) is 6.08 Å². The number of carbonyl (C=O) groups is 1. The molecule has 0 aliphatic carbocycles. The van der Waals surface area contributed by atoms with Gasteiger partial charge in [0.2, 0.25) is 5.91 Å². The largest absolute Gasteiger partial charge is 0.321 e. The average Bonchev–Trinajstić information content (AvgIpc) is 3.16. The van der Waals surface area contributed by atoms with Crippen LogP contribution in [0.1, 0.15) is 5.56 Å². The second-order valence-corrected chi connectivity index (χ2v) is 5.79. The third-order valence-electron chi connectivity index (χ3n) is 3.91. The summed E-state index contributed by atoms with van der Waals surface area (Å²) in [7, 11) is 0. The number of anilines is 1. The maximum Gasteiger partial charge on any atom is 0.248 e. The molecule has 0 saturated heterocycles. The smallest absolute Gasteiger partial charge is 0.248 e. The van der Waals surface area contributed by atoms with Gasteiger partial charge in [-0.1, -0.05) is 36.4 Å². The predicted molar refractivity (Wildman–Crippen MR) is 103 cm³/mol. The standard InChI is InChI=1S/C21H16N4O/c26-21(24-18-12-17-6-4-5-9-20(17)22-14-18)11-10-16-13-23-25(15-16)19-7-2-1-3-8-19/h1-15H,(H,24,26)/b11-10+. The topological polar surface area (TPSA) is 59.8 Å². The summed E-state index contributed by atoms with van der Waals surface area (Å²) < 4.78 is 1.77. The highest BCUT2D eigenvalue weighted by atomic mass is 16.1. The summed E-state index contributed by atoms with van der Waals surface area (Å²) in [4.78, 5) is 16.5. The lowest BCUT2D eigenvalue weighted by Crippen LogP contribution is -2.07. The number of amides is 1. The lowest BCUT2D eigenvalue weighted by molar-refractivity contribution is -0.111. The third-order valence-corrected chi connectivity index (χ3v) is 3.91. The highest BCUT2D eigenvalue weighted by Gasteiger charge is 2.02. The molecule has 0 spiro atoms. The van der Waals surface area contributed by atoms with Gasteiger partial charge in [0.15, 0.2) is 0 Å². The zero-order valence-electron chi connectivity index (χ0n) is 13.9. The molecule has 5 heteroatoms. The van der Waals surface area contributed by atoms with E-state index < -0.39 is 0 Å². The Labute approximate surface area is 150 Å². The lowest BCUT2D eigenvalue weighted by Gasteiger charge is -2.03. The number of fused-ring (bicyclic) bond motifs is 1. The Kier molecular flexibility index (Phi) is 4.26.